The number of halogens is 6. The van der Waals surface area contributed by atoms with Gasteiger partial charge in [-0.1, -0.05) is 15.9 Å². The minimum Gasteiger partial charge on any atom is -0.361 e. The van der Waals surface area contributed by atoms with Gasteiger partial charge in [0.1, 0.15) is 6.04 Å². The molecule has 0 aliphatic rings. The van der Waals surface area contributed by atoms with Gasteiger partial charge < -0.3 is 10.7 Å². The van der Waals surface area contributed by atoms with Crippen molar-refractivity contribution in [1.82, 2.24) is 4.98 Å². The third-order valence-electron chi connectivity index (χ3n) is 2.78. The van der Waals surface area contributed by atoms with Crippen LogP contribution in [0, 0.1) is 0 Å². The van der Waals surface area contributed by atoms with Crippen molar-refractivity contribution in [2.75, 3.05) is 0 Å². The first-order valence-electron chi connectivity index (χ1n) is 5.11. The zero-order chi connectivity index (χ0) is 14.4. The molecule has 19 heavy (non-hydrogen) atoms. The van der Waals surface area contributed by atoms with E-state index in [-0.39, 0.29) is 10.9 Å². The Morgan fingerprint density at radius 3 is 2.37 bits per heavy atom. The fourth-order valence-corrected chi connectivity index (χ4v) is 2.10. The molecule has 8 heteroatoms. The van der Waals surface area contributed by atoms with Gasteiger partial charge in [0.25, 0.3) is 0 Å². The summed E-state index contributed by atoms with van der Waals surface area (Å²) in [7, 11) is 0. The van der Waals surface area contributed by atoms with E-state index in [1.54, 1.807) is 12.1 Å². The van der Waals surface area contributed by atoms with Crippen molar-refractivity contribution < 1.29 is 22.0 Å². The molecular formula is C11H8BrF5N2. The highest BCUT2D eigenvalue weighted by atomic mass is 79.9. The number of alkyl halides is 5. The van der Waals surface area contributed by atoms with E-state index < -0.39 is 18.1 Å². The largest absolute Gasteiger partial charge is 0.455 e. The summed E-state index contributed by atoms with van der Waals surface area (Å²) in [4.78, 5) is 2.62. The minimum absolute atomic E-state index is 0.228. The van der Waals surface area contributed by atoms with Gasteiger partial charge in [0, 0.05) is 27.1 Å². The van der Waals surface area contributed by atoms with Crippen molar-refractivity contribution in [3.8, 4) is 0 Å². The number of rotatable bonds is 2. The van der Waals surface area contributed by atoms with E-state index >= 15 is 0 Å². The Hall–Kier alpha value is -1.15. The molecular weight excluding hydrogens is 335 g/mol. The first-order valence-corrected chi connectivity index (χ1v) is 5.90. The van der Waals surface area contributed by atoms with Gasteiger partial charge in [-0.15, -0.1) is 0 Å². The van der Waals surface area contributed by atoms with Crippen LogP contribution in [-0.2, 0) is 0 Å². The average Bonchev–Trinajstić information content (AvgIpc) is 2.69. The molecule has 2 rings (SSSR count). The molecule has 0 amide bonds. The molecule has 0 fully saturated rings. The van der Waals surface area contributed by atoms with E-state index in [9.17, 15) is 22.0 Å². The van der Waals surface area contributed by atoms with E-state index in [0.717, 1.165) is 6.20 Å². The van der Waals surface area contributed by atoms with Crippen LogP contribution in [0.3, 0.4) is 0 Å². The second kappa shape index (κ2) is 4.45. The molecule has 0 saturated heterocycles. The number of H-pyrrole nitrogens is 1. The van der Waals surface area contributed by atoms with Gasteiger partial charge in [0.15, 0.2) is 0 Å². The molecule has 1 aromatic heterocycles. The lowest BCUT2D eigenvalue weighted by molar-refractivity contribution is -0.290. The minimum atomic E-state index is -5.69. The Balaban J connectivity index is 2.53. The molecule has 1 aromatic carbocycles. The summed E-state index contributed by atoms with van der Waals surface area (Å²) >= 11 is 3.13. The monoisotopic (exact) mass is 342 g/mol. The second-order valence-electron chi connectivity index (χ2n) is 4.03. The van der Waals surface area contributed by atoms with Crippen molar-refractivity contribution in [3.63, 3.8) is 0 Å². The highest BCUT2D eigenvalue weighted by Crippen LogP contribution is 2.44. The van der Waals surface area contributed by atoms with Gasteiger partial charge in [0.05, 0.1) is 0 Å². The molecule has 0 aliphatic heterocycles. The molecule has 0 spiro atoms. The van der Waals surface area contributed by atoms with Crippen LogP contribution >= 0.6 is 15.9 Å². The molecule has 1 atom stereocenters. The first kappa shape index (κ1) is 14.3. The summed E-state index contributed by atoms with van der Waals surface area (Å²) in [6.07, 6.45) is -4.62. The Bertz CT molecular complexity index is 605. The van der Waals surface area contributed by atoms with Gasteiger partial charge in [-0.25, -0.2) is 0 Å². The van der Waals surface area contributed by atoms with Crippen LogP contribution in [0.4, 0.5) is 22.0 Å². The van der Waals surface area contributed by atoms with Crippen LogP contribution in [0.5, 0.6) is 0 Å². The van der Waals surface area contributed by atoms with Crippen LogP contribution in [0.15, 0.2) is 28.9 Å². The molecule has 0 saturated carbocycles. The molecule has 2 nitrogen and oxygen atoms in total. The smallest absolute Gasteiger partial charge is 0.361 e. The molecule has 1 heterocycles. The second-order valence-corrected chi connectivity index (χ2v) is 4.95. The SMILES string of the molecule is N[C@H](c1c[nH]c2ccc(Br)cc12)C(F)(F)C(F)(F)F. The highest BCUT2D eigenvalue weighted by molar-refractivity contribution is 9.10. The van der Waals surface area contributed by atoms with Crippen LogP contribution in [0.2, 0.25) is 0 Å². The molecule has 104 valence electrons. The number of aromatic amines is 1. The summed E-state index contributed by atoms with van der Waals surface area (Å²) in [6.45, 7) is 0. The maximum Gasteiger partial charge on any atom is 0.455 e. The maximum absolute atomic E-state index is 13.2. The predicted molar refractivity (Wildman–Crippen MR) is 63.9 cm³/mol. The van der Waals surface area contributed by atoms with E-state index in [0.29, 0.717) is 9.99 Å². The third-order valence-corrected chi connectivity index (χ3v) is 3.27. The topological polar surface area (TPSA) is 41.8 Å². The van der Waals surface area contributed by atoms with Gasteiger partial charge >= 0.3 is 12.1 Å². The summed E-state index contributed by atoms with van der Waals surface area (Å²) in [6, 6.07) is 2.17. The van der Waals surface area contributed by atoms with Crippen LogP contribution in [0.1, 0.15) is 11.6 Å². The van der Waals surface area contributed by atoms with Crippen molar-refractivity contribution in [2.24, 2.45) is 5.73 Å². The number of nitrogens with one attached hydrogen (secondary N) is 1. The van der Waals surface area contributed by atoms with E-state index in [1.807, 2.05) is 0 Å². The van der Waals surface area contributed by atoms with Crippen LogP contribution < -0.4 is 5.73 Å². The average molecular weight is 343 g/mol. The first-order chi connectivity index (χ1) is 8.64. The van der Waals surface area contributed by atoms with Crippen LogP contribution in [0.25, 0.3) is 10.9 Å². The lowest BCUT2D eigenvalue weighted by atomic mass is 10.0. The zero-order valence-corrected chi connectivity index (χ0v) is 10.8. The van der Waals surface area contributed by atoms with Gasteiger partial charge in [-0.2, -0.15) is 22.0 Å². The van der Waals surface area contributed by atoms with Crippen molar-refractivity contribution in [1.29, 1.82) is 0 Å². The molecule has 0 bridgehead atoms. The Morgan fingerprint density at radius 1 is 1.16 bits per heavy atom. The standard InChI is InChI=1S/C11H8BrF5N2/c12-5-1-2-8-6(3-5)7(4-19-8)9(18)10(13,14)11(15,16)17/h1-4,9,19H,18H2/t9-/m1/s1. The third kappa shape index (κ3) is 2.34. The predicted octanol–water partition coefficient (Wildman–Crippen LogP) is 4.13. The number of hydrogen-bond acceptors (Lipinski definition) is 1. The molecule has 0 aliphatic carbocycles. The summed E-state index contributed by atoms with van der Waals surface area (Å²) < 4.78 is 64.0. The number of aromatic nitrogens is 1. The van der Waals surface area contributed by atoms with Gasteiger partial charge in [-0.05, 0) is 18.2 Å². The summed E-state index contributed by atoms with van der Waals surface area (Å²) in [5, 5.41) is 0.228. The van der Waals surface area contributed by atoms with Gasteiger partial charge in [-0.3, -0.25) is 0 Å². The molecule has 0 radical (unpaired) electrons. The lowest BCUT2D eigenvalue weighted by Crippen LogP contribution is -2.45. The Morgan fingerprint density at radius 2 is 1.79 bits per heavy atom. The summed E-state index contributed by atoms with van der Waals surface area (Å²) in [5.74, 6) is -5.00. The fraction of sp³-hybridized carbons (Fsp3) is 0.273. The van der Waals surface area contributed by atoms with E-state index in [2.05, 4.69) is 20.9 Å². The molecule has 3 N–H and O–H groups in total. The normalized spacial score (nSPS) is 14.9. The molecule has 0 unspecified atom stereocenters. The van der Waals surface area contributed by atoms with E-state index in [1.165, 1.54) is 6.07 Å². The fourth-order valence-electron chi connectivity index (χ4n) is 1.74. The number of nitrogens with two attached hydrogens (primary N) is 1. The number of benzene rings is 1. The number of hydrogen-bond donors (Lipinski definition) is 2. The quantitative estimate of drug-likeness (QED) is 0.791. The Labute approximate surface area is 112 Å². The lowest BCUT2D eigenvalue weighted by Gasteiger charge is -2.25. The number of fused-ring (bicyclic) bond motifs is 1. The maximum atomic E-state index is 13.2. The van der Waals surface area contributed by atoms with Crippen molar-refractivity contribution in [2.45, 2.75) is 18.1 Å². The van der Waals surface area contributed by atoms with Crippen molar-refractivity contribution in [3.05, 3.63) is 34.4 Å². The summed E-state index contributed by atoms with van der Waals surface area (Å²) in [5.41, 5.74) is 5.27. The highest BCUT2D eigenvalue weighted by Gasteiger charge is 2.62. The van der Waals surface area contributed by atoms with E-state index in [4.69, 9.17) is 5.73 Å². The van der Waals surface area contributed by atoms with Crippen LogP contribution in [-0.4, -0.2) is 17.1 Å². The van der Waals surface area contributed by atoms with Crippen molar-refractivity contribution >= 4 is 26.8 Å². The Kier molecular flexibility index (Phi) is 3.34. The van der Waals surface area contributed by atoms with Gasteiger partial charge in [0.2, 0.25) is 0 Å². The molecule has 2 aromatic rings. The zero-order valence-electron chi connectivity index (χ0n) is 9.23.